The van der Waals surface area contributed by atoms with Crippen molar-refractivity contribution >= 4 is 6.09 Å². The molecule has 0 bridgehead atoms. The predicted molar refractivity (Wildman–Crippen MR) is 58.3 cm³/mol. The highest BCUT2D eigenvalue weighted by Crippen LogP contribution is 2.08. The predicted octanol–water partition coefficient (Wildman–Crippen LogP) is 2.90. The lowest BCUT2D eigenvalue weighted by molar-refractivity contribution is 0.121. The topological polar surface area (TPSA) is 29.5 Å². The lowest BCUT2D eigenvalue weighted by Gasteiger charge is -2.21. The lowest BCUT2D eigenvalue weighted by atomic mass is 10.1. The van der Waals surface area contributed by atoms with E-state index in [1.54, 1.807) is 4.90 Å². The van der Waals surface area contributed by atoms with Crippen LogP contribution < -0.4 is 0 Å². The summed E-state index contributed by atoms with van der Waals surface area (Å²) in [6.45, 7) is 8.06. The number of hydrogen-bond acceptors (Lipinski definition) is 2. The zero-order chi connectivity index (χ0) is 11.0. The molecule has 1 unspecified atom stereocenters. The van der Waals surface area contributed by atoms with Crippen LogP contribution in [0, 0.1) is 5.92 Å². The third-order valence-electron chi connectivity index (χ3n) is 2.52. The Labute approximate surface area is 87.4 Å². The fourth-order valence-corrected chi connectivity index (χ4v) is 1.27. The van der Waals surface area contributed by atoms with Gasteiger partial charge in [0.1, 0.15) is 0 Å². The number of methoxy groups -OCH3 is 1. The van der Waals surface area contributed by atoms with Crippen molar-refractivity contribution in [2.24, 2.45) is 5.92 Å². The molecule has 0 aromatic carbocycles. The molecule has 0 heterocycles. The number of rotatable bonds is 6. The standard InChI is InChI=1S/C11H23NO2/c1-5-8-12(11(13)14-4)9-7-10(3)6-2/h10H,5-9H2,1-4H3. The normalized spacial score (nSPS) is 12.3. The molecule has 0 aromatic rings. The van der Waals surface area contributed by atoms with E-state index in [1.165, 1.54) is 13.5 Å². The van der Waals surface area contributed by atoms with E-state index in [0.29, 0.717) is 5.92 Å². The number of hydrogen-bond donors (Lipinski definition) is 0. The SMILES string of the molecule is CCCN(CCC(C)CC)C(=O)OC. The molecule has 0 spiro atoms. The third kappa shape index (κ3) is 5.10. The van der Waals surface area contributed by atoms with Crippen molar-refractivity contribution < 1.29 is 9.53 Å². The lowest BCUT2D eigenvalue weighted by Crippen LogP contribution is -2.33. The summed E-state index contributed by atoms with van der Waals surface area (Å²) in [4.78, 5) is 13.1. The highest BCUT2D eigenvalue weighted by molar-refractivity contribution is 5.67. The summed E-state index contributed by atoms with van der Waals surface area (Å²) in [6, 6.07) is 0. The molecule has 84 valence electrons. The Morgan fingerprint density at radius 2 is 2.00 bits per heavy atom. The smallest absolute Gasteiger partial charge is 0.409 e. The first-order valence-corrected chi connectivity index (χ1v) is 5.48. The van der Waals surface area contributed by atoms with Gasteiger partial charge in [0.15, 0.2) is 0 Å². The minimum absolute atomic E-state index is 0.199. The van der Waals surface area contributed by atoms with Crippen LogP contribution in [0.2, 0.25) is 0 Å². The fraction of sp³-hybridized carbons (Fsp3) is 0.909. The Bertz CT molecular complexity index is 159. The Kier molecular flexibility index (Phi) is 7.25. The highest BCUT2D eigenvalue weighted by atomic mass is 16.5. The van der Waals surface area contributed by atoms with Crippen molar-refractivity contribution in [1.29, 1.82) is 0 Å². The van der Waals surface area contributed by atoms with E-state index in [1.807, 2.05) is 0 Å². The summed E-state index contributed by atoms with van der Waals surface area (Å²) < 4.78 is 4.72. The second-order valence-electron chi connectivity index (χ2n) is 3.76. The highest BCUT2D eigenvalue weighted by Gasteiger charge is 2.12. The van der Waals surface area contributed by atoms with Crippen LogP contribution in [0.25, 0.3) is 0 Å². The Morgan fingerprint density at radius 1 is 1.36 bits per heavy atom. The molecule has 3 heteroatoms. The summed E-state index contributed by atoms with van der Waals surface area (Å²) in [6.07, 6.45) is 3.01. The van der Waals surface area contributed by atoms with Crippen LogP contribution in [0.5, 0.6) is 0 Å². The Balaban J connectivity index is 3.90. The molecule has 0 saturated heterocycles. The minimum Gasteiger partial charge on any atom is -0.453 e. The van der Waals surface area contributed by atoms with Crippen molar-refractivity contribution in [2.75, 3.05) is 20.2 Å². The first-order valence-electron chi connectivity index (χ1n) is 5.48. The van der Waals surface area contributed by atoms with Gasteiger partial charge in [-0.1, -0.05) is 27.2 Å². The molecule has 0 rings (SSSR count). The number of carbonyl (C=O) groups excluding carboxylic acids is 1. The van der Waals surface area contributed by atoms with E-state index in [2.05, 4.69) is 20.8 Å². The fourth-order valence-electron chi connectivity index (χ4n) is 1.27. The van der Waals surface area contributed by atoms with Crippen molar-refractivity contribution in [1.82, 2.24) is 4.90 Å². The molecule has 0 radical (unpaired) electrons. The molecule has 0 N–H and O–H groups in total. The minimum atomic E-state index is -0.199. The van der Waals surface area contributed by atoms with Gasteiger partial charge in [0.2, 0.25) is 0 Å². The van der Waals surface area contributed by atoms with Gasteiger partial charge in [0.05, 0.1) is 7.11 Å². The monoisotopic (exact) mass is 201 g/mol. The summed E-state index contributed by atoms with van der Waals surface area (Å²) >= 11 is 0. The maximum atomic E-state index is 11.3. The number of nitrogens with zero attached hydrogens (tertiary/aromatic N) is 1. The number of ether oxygens (including phenoxy) is 1. The van der Waals surface area contributed by atoms with E-state index in [4.69, 9.17) is 4.74 Å². The van der Waals surface area contributed by atoms with Crippen molar-refractivity contribution in [2.45, 2.75) is 40.0 Å². The van der Waals surface area contributed by atoms with E-state index >= 15 is 0 Å². The van der Waals surface area contributed by atoms with Gasteiger partial charge in [-0.2, -0.15) is 0 Å². The Morgan fingerprint density at radius 3 is 2.43 bits per heavy atom. The second-order valence-corrected chi connectivity index (χ2v) is 3.76. The van der Waals surface area contributed by atoms with E-state index in [-0.39, 0.29) is 6.09 Å². The molecule has 0 aromatic heterocycles. The first-order chi connectivity index (χ1) is 6.65. The van der Waals surface area contributed by atoms with E-state index in [0.717, 1.165) is 25.9 Å². The first kappa shape index (κ1) is 13.3. The number of carbonyl (C=O) groups is 1. The summed E-state index contributed by atoms with van der Waals surface area (Å²) in [5.41, 5.74) is 0. The third-order valence-corrected chi connectivity index (χ3v) is 2.52. The average Bonchev–Trinajstić information content (AvgIpc) is 2.22. The molecule has 14 heavy (non-hydrogen) atoms. The van der Waals surface area contributed by atoms with Crippen molar-refractivity contribution in [3.63, 3.8) is 0 Å². The summed E-state index contributed by atoms with van der Waals surface area (Å²) in [5.74, 6) is 0.680. The van der Waals surface area contributed by atoms with Gasteiger partial charge in [-0.05, 0) is 18.8 Å². The van der Waals surface area contributed by atoms with Crippen LogP contribution in [0.3, 0.4) is 0 Å². The van der Waals surface area contributed by atoms with Crippen LogP contribution in [-0.2, 0) is 4.74 Å². The molecule has 0 aliphatic heterocycles. The molecule has 0 fully saturated rings. The summed E-state index contributed by atoms with van der Waals surface area (Å²) in [7, 11) is 1.44. The number of amides is 1. The van der Waals surface area contributed by atoms with Crippen LogP contribution in [0.4, 0.5) is 4.79 Å². The molecular weight excluding hydrogens is 178 g/mol. The van der Waals surface area contributed by atoms with Gasteiger partial charge in [0.25, 0.3) is 0 Å². The second kappa shape index (κ2) is 7.65. The van der Waals surface area contributed by atoms with Gasteiger partial charge < -0.3 is 9.64 Å². The van der Waals surface area contributed by atoms with Crippen LogP contribution in [0.15, 0.2) is 0 Å². The van der Waals surface area contributed by atoms with Gasteiger partial charge >= 0.3 is 6.09 Å². The van der Waals surface area contributed by atoms with Gasteiger partial charge in [-0.3, -0.25) is 0 Å². The molecule has 1 atom stereocenters. The van der Waals surface area contributed by atoms with Gasteiger partial charge in [0, 0.05) is 13.1 Å². The Hall–Kier alpha value is -0.730. The van der Waals surface area contributed by atoms with Crippen LogP contribution in [0.1, 0.15) is 40.0 Å². The van der Waals surface area contributed by atoms with Crippen LogP contribution >= 0.6 is 0 Å². The average molecular weight is 201 g/mol. The molecule has 0 aliphatic rings. The largest absolute Gasteiger partial charge is 0.453 e. The van der Waals surface area contributed by atoms with E-state index < -0.39 is 0 Å². The van der Waals surface area contributed by atoms with Gasteiger partial charge in [-0.25, -0.2) is 4.79 Å². The quantitative estimate of drug-likeness (QED) is 0.661. The molecule has 1 amide bonds. The van der Waals surface area contributed by atoms with Crippen molar-refractivity contribution in [3.05, 3.63) is 0 Å². The zero-order valence-electron chi connectivity index (χ0n) is 9.88. The molecular formula is C11H23NO2. The van der Waals surface area contributed by atoms with E-state index in [9.17, 15) is 4.79 Å². The van der Waals surface area contributed by atoms with Crippen molar-refractivity contribution in [3.8, 4) is 0 Å². The van der Waals surface area contributed by atoms with Crippen LogP contribution in [-0.4, -0.2) is 31.2 Å². The zero-order valence-corrected chi connectivity index (χ0v) is 9.88. The maximum Gasteiger partial charge on any atom is 0.409 e. The molecule has 0 aliphatic carbocycles. The summed E-state index contributed by atoms with van der Waals surface area (Å²) in [5, 5.41) is 0. The molecule has 3 nitrogen and oxygen atoms in total. The maximum absolute atomic E-state index is 11.3. The molecule has 0 saturated carbocycles. The van der Waals surface area contributed by atoms with Gasteiger partial charge in [-0.15, -0.1) is 0 Å².